The van der Waals surface area contributed by atoms with E-state index in [1.165, 1.54) is 0 Å². The van der Waals surface area contributed by atoms with Gasteiger partial charge in [-0.15, -0.1) is 0 Å². The molecule has 2 amide bonds. The molecule has 4 rings (SSSR count). The molecular weight excluding hydrogens is 426 g/mol. The van der Waals surface area contributed by atoms with E-state index < -0.39 is 0 Å². The molecule has 3 atom stereocenters. The van der Waals surface area contributed by atoms with Crippen molar-refractivity contribution in [3.63, 3.8) is 0 Å². The number of rotatable bonds is 6. The minimum Gasteiger partial charge on any atom is -0.346 e. The highest BCUT2D eigenvalue weighted by atomic mass is 35.5. The van der Waals surface area contributed by atoms with Gasteiger partial charge >= 0.3 is 6.03 Å². The lowest BCUT2D eigenvalue weighted by Gasteiger charge is -2.33. The van der Waals surface area contributed by atoms with Gasteiger partial charge in [0.05, 0.1) is 35.7 Å². The van der Waals surface area contributed by atoms with Gasteiger partial charge in [-0.25, -0.2) is 14.8 Å². The van der Waals surface area contributed by atoms with E-state index in [2.05, 4.69) is 50.1 Å². The molecule has 0 spiro atoms. The van der Waals surface area contributed by atoms with E-state index in [-0.39, 0.29) is 35.6 Å². The van der Waals surface area contributed by atoms with Crippen LogP contribution in [0.4, 0.5) is 16.6 Å². The molecule has 3 heterocycles. The number of amides is 2. The normalized spacial score (nSPS) is 23.3. The zero-order valence-electron chi connectivity index (χ0n) is 19.1. The van der Waals surface area contributed by atoms with Crippen molar-refractivity contribution in [3.8, 4) is 0 Å². The number of nitrogens with zero attached hydrogens (tertiary/aromatic N) is 5. The average Bonchev–Trinajstić information content (AvgIpc) is 3.30. The minimum absolute atomic E-state index is 0.0167. The maximum Gasteiger partial charge on any atom is 0.323 e. The van der Waals surface area contributed by atoms with Crippen molar-refractivity contribution >= 4 is 29.4 Å². The number of urea groups is 1. The summed E-state index contributed by atoms with van der Waals surface area (Å²) in [5.74, 6) is 1.30. The zero-order valence-corrected chi connectivity index (χ0v) is 19.8. The molecule has 2 aliphatic rings. The van der Waals surface area contributed by atoms with Crippen LogP contribution in [-0.4, -0.2) is 37.1 Å². The Labute approximate surface area is 193 Å². The first kappa shape index (κ1) is 22.3. The monoisotopic (exact) mass is 455 g/mol. The lowest BCUT2D eigenvalue weighted by Crippen LogP contribution is -2.48. The van der Waals surface area contributed by atoms with Crippen molar-refractivity contribution in [3.05, 3.63) is 53.7 Å². The van der Waals surface area contributed by atoms with Crippen LogP contribution in [0.3, 0.4) is 0 Å². The first-order valence-corrected chi connectivity index (χ1v) is 11.3. The molecule has 0 saturated carbocycles. The molecule has 32 heavy (non-hydrogen) atoms. The summed E-state index contributed by atoms with van der Waals surface area (Å²) in [6, 6.07) is 1.71. The van der Waals surface area contributed by atoms with Gasteiger partial charge in [0.2, 0.25) is 5.95 Å². The van der Waals surface area contributed by atoms with E-state index >= 15 is 0 Å². The first-order chi connectivity index (χ1) is 15.2. The summed E-state index contributed by atoms with van der Waals surface area (Å²) in [6.07, 6.45) is 12.4. The van der Waals surface area contributed by atoms with E-state index in [4.69, 9.17) is 11.6 Å². The van der Waals surface area contributed by atoms with Crippen LogP contribution in [0.1, 0.15) is 58.8 Å². The second-order valence-corrected chi connectivity index (χ2v) is 9.75. The van der Waals surface area contributed by atoms with Crippen molar-refractivity contribution in [2.24, 2.45) is 5.92 Å². The third kappa shape index (κ3) is 4.37. The number of carbonyl (C=O) groups is 1. The number of anilines is 2. The number of halogens is 1. The molecule has 0 bridgehead atoms. The predicted octanol–water partition coefficient (Wildman–Crippen LogP) is 4.80. The van der Waals surface area contributed by atoms with Crippen molar-refractivity contribution in [1.82, 2.24) is 24.8 Å². The van der Waals surface area contributed by atoms with Crippen LogP contribution >= 0.6 is 11.6 Å². The highest BCUT2D eigenvalue weighted by Crippen LogP contribution is 2.33. The highest BCUT2D eigenvalue weighted by molar-refractivity contribution is 6.31. The Balaban J connectivity index is 1.50. The molecule has 8 nitrogen and oxygen atoms in total. The van der Waals surface area contributed by atoms with Crippen molar-refractivity contribution in [2.45, 2.75) is 64.7 Å². The fourth-order valence-corrected chi connectivity index (χ4v) is 4.78. The van der Waals surface area contributed by atoms with Gasteiger partial charge in [-0.2, -0.15) is 4.98 Å². The fraction of sp³-hybridized carbons (Fsp3) is 0.478. The molecule has 1 saturated heterocycles. The number of allylic oxidation sites excluding steroid dienone is 4. The van der Waals surface area contributed by atoms with Crippen LogP contribution in [0, 0.1) is 5.92 Å². The number of nitrogens with one attached hydrogen (secondary N) is 2. The molecule has 1 fully saturated rings. The van der Waals surface area contributed by atoms with E-state index in [1.807, 2.05) is 45.4 Å². The van der Waals surface area contributed by atoms with Crippen LogP contribution in [0.2, 0.25) is 0 Å². The SMILES string of the molecule is CC(C)[C@@H]1N(c2ccnc(N[C@@H](C)c3cn(C4C=CC(Cl)=CC4)cn3)n2)C(=O)NC1(C)C. The van der Waals surface area contributed by atoms with Gasteiger partial charge in [-0.3, -0.25) is 4.90 Å². The third-order valence-corrected chi connectivity index (χ3v) is 6.29. The van der Waals surface area contributed by atoms with Crippen LogP contribution in [0.15, 0.2) is 48.0 Å². The zero-order chi connectivity index (χ0) is 23.0. The molecule has 0 radical (unpaired) electrons. The number of hydrogen-bond donors (Lipinski definition) is 2. The third-order valence-electron chi connectivity index (χ3n) is 6.01. The summed E-state index contributed by atoms with van der Waals surface area (Å²) in [5, 5.41) is 7.16. The molecule has 1 aliphatic carbocycles. The first-order valence-electron chi connectivity index (χ1n) is 10.9. The minimum atomic E-state index is -0.350. The van der Waals surface area contributed by atoms with Crippen molar-refractivity contribution < 1.29 is 4.79 Å². The lowest BCUT2D eigenvalue weighted by molar-refractivity contribution is 0.248. The molecule has 0 aromatic carbocycles. The Kier molecular flexibility index (Phi) is 5.99. The van der Waals surface area contributed by atoms with Crippen LogP contribution in [-0.2, 0) is 0 Å². The van der Waals surface area contributed by atoms with Gasteiger partial charge in [-0.05, 0) is 45.3 Å². The number of carbonyl (C=O) groups excluding carboxylic acids is 1. The maximum absolute atomic E-state index is 12.7. The van der Waals surface area contributed by atoms with E-state index in [1.54, 1.807) is 17.2 Å². The standard InChI is InChI=1S/C23H30ClN7O/c1-14(2)20-23(4,5)29-22(32)31(20)19-10-11-25-21(28-19)27-15(3)18-12-30(13-26-18)17-8-6-16(24)7-9-17/h6-8,10-15,17,20H,9H2,1-5H3,(H,29,32)(H,25,27,28)/t15-,17?,20-/m0/s1. The van der Waals surface area contributed by atoms with Crippen molar-refractivity contribution in [1.29, 1.82) is 0 Å². The summed E-state index contributed by atoms with van der Waals surface area (Å²) in [7, 11) is 0. The number of imidazole rings is 1. The average molecular weight is 456 g/mol. The van der Waals surface area contributed by atoms with Crippen LogP contribution in [0.5, 0.6) is 0 Å². The van der Waals surface area contributed by atoms with Gasteiger partial charge in [0.15, 0.2) is 0 Å². The van der Waals surface area contributed by atoms with Crippen LogP contribution < -0.4 is 15.5 Å². The van der Waals surface area contributed by atoms with Crippen molar-refractivity contribution in [2.75, 3.05) is 10.2 Å². The lowest BCUT2D eigenvalue weighted by atomic mass is 9.87. The van der Waals surface area contributed by atoms with Gasteiger partial charge < -0.3 is 15.2 Å². The summed E-state index contributed by atoms with van der Waals surface area (Å²) >= 11 is 6.02. The molecule has 170 valence electrons. The van der Waals surface area contributed by atoms with Gasteiger partial charge in [0.25, 0.3) is 0 Å². The van der Waals surface area contributed by atoms with Crippen LogP contribution in [0.25, 0.3) is 0 Å². The largest absolute Gasteiger partial charge is 0.346 e. The fourth-order valence-electron chi connectivity index (χ4n) is 4.62. The molecule has 1 aliphatic heterocycles. The molecule has 1 unspecified atom stereocenters. The molecule has 2 aromatic heterocycles. The predicted molar refractivity (Wildman–Crippen MR) is 127 cm³/mol. The molecular formula is C23H30ClN7O. The maximum atomic E-state index is 12.7. The smallest absolute Gasteiger partial charge is 0.323 e. The number of hydrogen-bond acceptors (Lipinski definition) is 5. The van der Waals surface area contributed by atoms with E-state index in [0.29, 0.717) is 11.8 Å². The van der Waals surface area contributed by atoms with Gasteiger partial charge in [-0.1, -0.05) is 37.6 Å². The Bertz CT molecular complexity index is 1060. The van der Waals surface area contributed by atoms with E-state index in [0.717, 1.165) is 17.1 Å². The molecule has 9 heteroatoms. The Hall–Kier alpha value is -2.87. The summed E-state index contributed by atoms with van der Waals surface area (Å²) in [6.45, 7) is 10.3. The second kappa shape index (κ2) is 8.58. The Morgan fingerprint density at radius 2 is 2.06 bits per heavy atom. The summed E-state index contributed by atoms with van der Waals surface area (Å²) in [5.41, 5.74) is 0.532. The van der Waals surface area contributed by atoms with Gasteiger partial charge in [0, 0.05) is 17.4 Å². The van der Waals surface area contributed by atoms with E-state index in [9.17, 15) is 4.79 Å². The highest BCUT2D eigenvalue weighted by Gasteiger charge is 2.47. The quantitative estimate of drug-likeness (QED) is 0.653. The molecule has 2 aromatic rings. The number of aromatic nitrogens is 4. The molecule has 2 N–H and O–H groups in total. The topological polar surface area (TPSA) is 88.0 Å². The Morgan fingerprint density at radius 1 is 1.28 bits per heavy atom. The Morgan fingerprint density at radius 3 is 2.75 bits per heavy atom. The van der Waals surface area contributed by atoms with Gasteiger partial charge in [0.1, 0.15) is 5.82 Å². The summed E-state index contributed by atoms with van der Waals surface area (Å²) < 4.78 is 2.07. The summed E-state index contributed by atoms with van der Waals surface area (Å²) in [4.78, 5) is 28.0. The second-order valence-electron chi connectivity index (χ2n) is 9.31.